The Bertz CT molecular complexity index is 452. The molecular formula is C15H22N2O3. The molecule has 5 heteroatoms. The van der Waals surface area contributed by atoms with Crippen LogP contribution < -0.4 is 5.32 Å². The van der Waals surface area contributed by atoms with Crippen LogP contribution in [0.25, 0.3) is 0 Å². The molecule has 1 N–H and O–H groups in total. The van der Waals surface area contributed by atoms with Crippen molar-refractivity contribution in [2.24, 2.45) is 0 Å². The standard InChI is InChI=1S/C15H22N2O3/c1-15(2,3)16-14(19)17(11-13(18)20-4)10-12-8-6-5-7-9-12/h5-9H,10-11H2,1-4H3,(H,16,19). The molecule has 1 aromatic carbocycles. The Hall–Kier alpha value is -2.04. The maximum Gasteiger partial charge on any atom is 0.325 e. The van der Waals surface area contributed by atoms with Gasteiger partial charge in [0, 0.05) is 12.1 Å². The second-order valence-electron chi connectivity index (χ2n) is 5.60. The van der Waals surface area contributed by atoms with Crippen LogP contribution >= 0.6 is 0 Å². The van der Waals surface area contributed by atoms with Gasteiger partial charge in [-0.1, -0.05) is 30.3 Å². The Kier molecular flexibility index (Phi) is 5.55. The fraction of sp³-hybridized carbons (Fsp3) is 0.467. The molecule has 0 aliphatic heterocycles. The molecular weight excluding hydrogens is 256 g/mol. The summed E-state index contributed by atoms with van der Waals surface area (Å²) in [6.07, 6.45) is 0. The lowest BCUT2D eigenvalue weighted by atomic mass is 10.1. The molecule has 0 atom stereocenters. The van der Waals surface area contributed by atoms with Crippen molar-refractivity contribution in [2.75, 3.05) is 13.7 Å². The summed E-state index contributed by atoms with van der Waals surface area (Å²) in [6.45, 7) is 5.96. The number of carbonyl (C=O) groups is 2. The molecule has 20 heavy (non-hydrogen) atoms. The van der Waals surface area contributed by atoms with Crippen LogP contribution in [0.5, 0.6) is 0 Å². The van der Waals surface area contributed by atoms with Gasteiger partial charge in [-0.15, -0.1) is 0 Å². The summed E-state index contributed by atoms with van der Waals surface area (Å²) in [4.78, 5) is 25.1. The van der Waals surface area contributed by atoms with E-state index < -0.39 is 5.97 Å². The van der Waals surface area contributed by atoms with Gasteiger partial charge in [0.2, 0.25) is 0 Å². The summed E-state index contributed by atoms with van der Waals surface area (Å²) < 4.78 is 4.64. The second kappa shape index (κ2) is 6.93. The number of nitrogens with zero attached hydrogens (tertiary/aromatic N) is 1. The third kappa shape index (κ3) is 5.73. The molecule has 0 spiro atoms. The van der Waals surface area contributed by atoms with Crippen molar-refractivity contribution >= 4 is 12.0 Å². The Balaban J connectivity index is 2.79. The molecule has 0 saturated carbocycles. The van der Waals surface area contributed by atoms with Crippen LogP contribution in [0.4, 0.5) is 4.79 Å². The number of amides is 2. The third-order valence-electron chi connectivity index (χ3n) is 2.53. The van der Waals surface area contributed by atoms with Crippen molar-refractivity contribution in [1.29, 1.82) is 0 Å². The molecule has 0 aliphatic carbocycles. The molecule has 2 amide bonds. The van der Waals surface area contributed by atoms with E-state index in [1.54, 1.807) is 0 Å². The smallest absolute Gasteiger partial charge is 0.325 e. The lowest BCUT2D eigenvalue weighted by molar-refractivity contribution is -0.141. The van der Waals surface area contributed by atoms with E-state index in [1.807, 2.05) is 51.1 Å². The molecule has 0 saturated heterocycles. The van der Waals surface area contributed by atoms with E-state index in [1.165, 1.54) is 12.0 Å². The van der Waals surface area contributed by atoms with E-state index in [0.29, 0.717) is 6.54 Å². The first-order valence-electron chi connectivity index (χ1n) is 6.49. The molecule has 0 heterocycles. The fourth-order valence-electron chi connectivity index (χ4n) is 1.62. The SMILES string of the molecule is COC(=O)CN(Cc1ccccc1)C(=O)NC(C)(C)C. The Morgan fingerprint density at radius 1 is 1.20 bits per heavy atom. The normalized spacial score (nSPS) is 10.8. The zero-order chi connectivity index (χ0) is 15.2. The molecule has 5 nitrogen and oxygen atoms in total. The number of urea groups is 1. The summed E-state index contributed by atoms with van der Waals surface area (Å²) in [5.41, 5.74) is 0.600. The van der Waals surface area contributed by atoms with Gasteiger partial charge in [-0.3, -0.25) is 4.79 Å². The number of nitrogens with one attached hydrogen (secondary N) is 1. The maximum atomic E-state index is 12.2. The van der Waals surface area contributed by atoms with Crippen molar-refractivity contribution < 1.29 is 14.3 Å². The molecule has 1 rings (SSSR count). The van der Waals surface area contributed by atoms with Gasteiger partial charge in [0.05, 0.1) is 7.11 Å². The van der Waals surface area contributed by atoms with Gasteiger partial charge in [0.15, 0.2) is 0 Å². The fourth-order valence-corrected chi connectivity index (χ4v) is 1.62. The zero-order valence-electron chi connectivity index (χ0n) is 12.5. The minimum absolute atomic E-state index is 0.0761. The minimum atomic E-state index is -0.440. The quantitative estimate of drug-likeness (QED) is 0.859. The highest BCUT2D eigenvalue weighted by atomic mass is 16.5. The van der Waals surface area contributed by atoms with Crippen molar-refractivity contribution in [3.63, 3.8) is 0 Å². The number of carbonyl (C=O) groups excluding carboxylic acids is 2. The number of benzene rings is 1. The summed E-state index contributed by atoms with van der Waals surface area (Å²) in [5, 5.41) is 2.85. The summed E-state index contributed by atoms with van der Waals surface area (Å²) in [7, 11) is 1.31. The van der Waals surface area contributed by atoms with Gasteiger partial charge < -0.3 is 15.0 Å². The first-order chi connectivity index (χ1) is 9.31. The average molecular weight is 278 g/mol. The second-order valence-corrected chi connectivity index (χ2v) is 5.60. The van der Waals surface area contributed by atoms with Crippen LogP contribution in [0.3, 0.4) is 0 Å². The molecule has 110 valence electrons. The van der Waals surface area contributed by atoms with Crippen LogP contribution in [0.15, 0.2) is 30.3 Å². The van der Waals surface area contributed by atoms with Gasteiger partial charge >= 0.3 is 12.0 Å². The van der Waals surface area contributed by atoms with Gasteiger partial charge in [0.25, 0.3) is 0 Å². The number of ether oxygens (including phenoxy) is 1. The summed E-state index contributed by atoms with van der Waals surface area (Å²) >= 11 is 0. The largest absolute Gasteiger partial charge is 0.468 e. The zero-order valence-corrected chi connectivity index (χ0v) is 12.5. The Labute approximate surface area is 119 Å². The highest BCUT2D eigenvalue weighted by molar-refractivity contribution is 5.81. The Morgan fingerprint density at radius 2 is 1.80 bits per heavy atom. The molecule has 0 aliphatic rings. The topological polar surface area (TPSA) is 58.6 Å². The molecule has 0 radical (unpaired) electrons. The number of esters is 1. The number of methoxy groups -OCH3 is 1. The number of hydrogen-bond acceptors (Lipinski definition) is 3. The number of rotatable bonds is 4. The Morgan fingerprint density at radius 3 is 2.30 bits per heavy atom. The molecule has 0 fully saturated rings. The van der Waals surface area contributed by atoms with Crippen LogP contribution in [0.2, 0.25) is 0 Å². The average Bonchev–Trinajstić information content (AvgIpc) is 2.37. The van der Waals surface area contributed by atoms with E-state index in [2.05, 4.69) is 10.1 Å². The van der Waals surface area contributed by atoms with E-state index in [9.17, 15) is 9.59 Å². The maximum absolute atomic E-state index is 12.2. The molecule has 0 aromatic heterocycles. The van der Waals surface area contributed by atoms with Gasteiger partial charge in [-0.25, -0.2) is 4.79 Å². The first-order valence-corrected chi connectivity index (χ1v) is 6.49. The van der Waals surface area contributed by atoms with Crippen molar-refractivity contribution in [3.8, 4) is 0 Å². The third-order valence-corrected chi connectivity index (χ3v) is 2.53. The first kappa shape index (κ1) is 16.0. The van der Waals surface area contributed by atoms with Crippen LogP contribution in [-0.4, -0.2) is 36.1 Å². The van der Waals surface area contributed by atoms with Crippen LogP contribution in [0, 0.1) is 0 Å². The minimum Gasteiger partial charge on any atom is -0.468 e. The van der Waals surface area contributed by atoms with Crippen LogP contribution in [-0.2, 0) is 16.1 Å². The highest BCUT2D eigenvalue weighted by Crippen LogP contribution is 2.07. The molecule has 1 aromatic rings. The van der Waals surface area contributed by atoms with E-state index in [4.69, 9.17) is 0 Å². The molecule has 0 bridgehead atoms. The van der Waals surface area contributed by atoms with E-state index in [-0.39, 0.29) is 18.1 Å². The monoisotopic (exact) mass is 278 g/mol. The van der Waals surface area contributed by atoms with Gasteiger partial charge in [-0.05, 0) is 26.3 Å². The summed E-state index contributed by atoms with van der Waals surface area (Å²) in [6, 6.07) is 9.24. The van der Waals surface area contributed by atoms with Crippen molar-refractivity contribution in [3.05, 3.63) is 35.9 Å². The molecule has 0 unspecified atom stereocenters. The van der Waals surface area contributed by atoms with Crippen molar-refractivity contribution in [1.82, 2.24) is 10.2 Å². The van der Waals surface area contributed by atoms with Crippen LogP contribution in [0.1, 0.15) is 26.3 Å². The lowest BCUT2D eigenvalue weighted by Gasteiger charge is -2.27. The van der Waals surface area contributed by atoms with E-state index >= 15 is 0 Å². The lowest BCUT2D eigenvalue weighted by Crippen LogP contribution is -2.49. The summed E-state index contributed by atoms with van der Waals surface area (Å²) in [5.74, 6) is -0.440. The predicted molar refractivity (Wildman–Crippen MR) is 77.2 cm³/mol. The van der Waals surface area contributed by atoms with E-state index in [0.717, 1.165) is 5.56 Å². The number of hydrogen-bond donors (Lipinski definition) is 1. The van der Waals surface area contributed by atoms with Gasteiger partial charge in [-0.2, -0.15) is 0 Å². The predicted octanol–water partition coefficient (Wildman–Crippen LogP) is 2.17. The van der Waals surface area contributed by atoms with Gasteiger partial charge in [0.1, 0.15) is 6.54 Å². The van der Waals surface area contributed by atoms with Crippen molar-refractivity contribution in [2.45, 2.75) is 32.9 Å². The highest BCUT2D eigenvalue weighted by Gasteiger charge is 2.22.